The van der Waals surface area contributed by atoms with Crippen LogP contribution in [0.15, 0.2) is 0 Å². The van der Waals surface area contributed by atoms with Gasteiger partial charge in [0.15, 0.2) is 6.10 Å². The third kappa shape index (κ3) is 1.79. The van der Waals surface area contributed by atoms with E-state index < -0.39 is 24.4 Å². The van der Waals surface area contributed by atoms with Crippen molar-refractivity contribution in [3.05, 3.63) is 0 Å². The summed E-state index contributed by atoms with van der Waals surface area (Å²) in [6.07, 6.45) is -3.58. The SMILES string of the molecule is CC12CC(C3C4CCC(C4)C31)C(F)(CC(O)C(F)(F)F)C2. The van der Waals surface area contributed by atoms with Crippen LogP contribution in [0.2, 0.25) is 0 Å². The number of hydrogen-bond acceptors (Lipinski definition) is 1. The van der Waals surface area contributed by atoms with Gasteiger partial charge in [-0.15, -0.1) is 0 Å². The largest absolute Gasteiger partial charge is 0.414 e. The van der Waals surface area contributed by atoms with E-state index in [0.29, 0.717) is 17.8 Å². The first kappa shape index (κ1) is 14.3. The van der Waals surface area contributed by atoms with Crippen LogP contribution in [-0.4, -0.2) is 23.1 Å². The van der Waals surface area contributed by atoms with E-state index in [0.717, 1.165) is 19.3 Å². The molecule has 4 bridgehead atoms. The van der Waals surface area contributed by atoms with Crippen LogP contribution >= 0.6 is 0 Å². The molecule has 0 aromatic carbocycles. The average molecular weight is 306 g/mol. The number of aliphatic hydroxyl groups excluding tert-OH is 1. The Morgan fingerprint density at radius 2 is 1.90 bits per heavy atom. The summed E-state index contributed by atoms with van der Waals surface area (Å²) in [5.41, 5.74) is -1.97. The molecule has 4 fully saturated rings. The molecule has 21 heavy (non-hydrogen) atoms. The second kappa shape index (κ2) is 3.95. The van der Waals surface area contributed by atoms with Crippen molar-refractivity contribution in [3.8, 4) is 0 Å². The second-order valence-electron chi connectivity index (χ2n) is 8.37. The van der Waals surface area contributed by atoms with Gasteiger partial charge in [0.25, 0.3) is 0 Å². The van der Waals surface area contributed by atoms with Crippen LogP contribution in [0.3, 0.4) is 0 Å². The molecule has 0 aliphatic heterocycles. The standard InChI is InChI=1S/C16H22F4O/c1-14-5-10(12-8-2-3-9(4-8)13(12)14)15(17,7-14)6-11(21)16(18,19)20/h8-13,21H,2-7H2,1H3. The molecule has 0 amide bonds. The van der Waals surface area contributed by atoms with Gasteiger partial charge in [-0.2, -0.15) is 13.2 Å². The molecular weight excluding hydrogens is 284 g/mol. The lowest BCUT2D eigenvalue weighted by molar-refractivity contribution is -0.218. The molecule has 0 saturated heterocycles. The summed E-state index contributed by atoms with van der Waals surface area (Å²) in [7, 11) is 0. The first-order valence-electron chi connectivity index (χ1n) is 8.08. The highest BCUT2D eigenvalue weighted by molar-refractivity contribution is 5.20. The molecule has 4 rings (SSSR count). The summed E-state index contributed by atoms with van der Waals surface area (Å²) in [6, 6.07) is 0. The van der Waals surface area contributed by atoms with E-state index in [1.807, 2.05) is 0 Å². The summed E-state index contributed by atoms with van der Waals surface area (Å²) < 4.78 is 53.2. The Morgan fingerprint density at radius 3 is 2.57 bits per heavy atom. The van der Waals surface area contributed by atoms with Gasteiger partial charge in [-0.05, 0) is 67.1 Å². The van der Waals surface area contributed by atoms with E-state index in [1.165, 1.54) is 6.42 Å². The third-order valence-electron chi connectivity index (χ3n) is 7.21. The van der Waals surface area contributed by atoms with Crippen LogP contribution in [0.4, 0.5) is 17.6 Å². The molecule has 120 valence electrons. The normalized spacial score (nSPS) is 56.0. The highest BCUT2D eigenvalue weighted by Crippen LogP contribution is 2.75. The molecular formula is C16H22F4O. The predicted octanol–water partition coefficient (Wildman–Crippen LogP) is 4.10. The molecule has 0 aromatic rings. The van der Waals surface area contributed by atoms with Crippen molar-refractivity contribution < 1.29 is 22.7 Å². The number of aliphatic hydroxyl groups is 1. The van der Waals surface area contributed by atoms with E-state index in [-0.39, 0.29) is 23.7 Å². The van der Waals surface area contributed by atoms with Gasteiger partial charge in [-0.3, -0.25) is 0 Å². The number of halogens is 4. The summed E-state index contributed by atoms with van der Waals surface area (Å²) in [5, 5.41) is 9.33. The summed E-state index contributed by atoms with van der Waals surface area (Å²) in [6.45, 7) is 2.08. The fourth-order valence-electron chi connectivity index (χ4n) is 6.90. The molecule has 4 aliphatic carbocycles. The van der Waals surface area contributed by atoms with Gasteiger partial charge in [-0.25, -0.2) is 4.39 Å². The highest BCUT2D eigenvalue weighted by Gasteiger charge is 2.72. The zero-order valence-electron chi connectivity index (χ0n) is 12.2. The molecule has 4 aliphatic rings. The smallest absolute Gasteiger partial charge is 0.384 e. The van der Waals surface area contributed by atoms with Crippen molar-refractivity contribution in [2.45, 2.75) is 63.4 Å². The number of alkyl halides is 4. The van der Waals surface area contributed by atoms with Gasteiger partial charge in [0.05, 0.1) is 0 Å². The molecule has 5 heteroatoms. The molecule has 1 N–H and O–H groups in total. The van der Waals surface area contributed by atoms with Crippen LogP contribution in [0.5, 0.6) is 0 Å². The summed E-state index contributed by atoms with van der Waals surface area (Å²) >= 11 is 0. The second-order valence-corrected chi connectivity index (χ2v) is 8.37. The van der Waals surface area contributed by atoms with Crippen molar-refractivity contribution in [1.82, 2.24) is 0 Å². The topological polar surface area (TPSA) is 20.2 Å². The van der Waals surface area contributed by atoms with E-state index in [4.69, 9.17) is 0 Å². The Hall–Kier alpha value is -0.320. The van der Waals surface area contributed by atoms with Crippen molar-refractivity contribution in [1.29, 1.82) is 0 Å². The maximum absolute atomic E-state index is 15.3. The summed E-state index contributed by atoms with van der Waals surface area (Å²) in [5.74, 6) is 1.72. The van der Waals surface area contributed by atoms with Gasteiger partial charge < -0.3 is 5.11 Å². The quantitative estimate of drug-likeness (QED) is 0.601. The first-order chi connectivity index (χ1) is 9.64. The van der Waals surface area contributed by atoms with Gasteiger partial charge in [0.2, 0.25) is 0 Å². The van der Waals surface area contributed by atoms with Crippen molar-refractivity contribution in [2.24, 2.45) is 35.0 Å². The van der Waals surface area contributed by atoms with Crippen molar-refractivity contribution in [3.63, 3.8) is 0 Å². The zero-order chi connectivity index (χ0) is 15.2. The Balaban J connectivity index is 1.60. The maximum Gasteiger partial charge on any atom is 0.414 e. The van der Waals surface area contributed by atoms with Crippen LogP contribution in [0, 0.1) is 35.0 Å². The number of rotatable bonds is 2. The molecule has 0 spiro atoms. The van der Waals surface area contributed by atoms with E-state index in [1.54, 1.807) is 0 Å². The molecule has 8 unspecified atom stereocenters. The first-order valence-corrected chi connectivity index (χ1v) is 8.08. The van der Waals surface area contributed by atoms with Crippen LogP contribution in [-0.2, 0) is 0 Å². The Morgan fingerprint density at radius 1 is 1.24 bits per heavy atom. The fraction of sp³-hybridized carbons (Fsp3) is 1.00. The van der Waals surface area contributed by atoms with Crippen LogP contribution < -0.4 is 0 Å². The third-order valence-corrected chi connectivity index (χ3v) is 7.21. The monoisotopic (exact) mass is 306 g/mol. The van der Waals surface area contributed by atoms with Gasteiger partial charge in [0.1, 0.15) is 5.67 Å². The Bertz CT molecular complexity index is 464. The highest BCUT2D eigenvalue weighted by atomic mass is 19.4. The lowest BCUT2D eigenvalue weighted by atomic mass is 9.61. The summed E-state index contributed by atoms with van der Waals surface area (Å²) in [4.78, 5) is 0. The molecule has 0 aromatic heterocycles. The molecule has 1 nitrogen and oxygen atoms in total. The van der Waals surface area contributed by atoms with Gasteiger partial charge >= 0.3 is 6.18 Å². The fourth-order valence-corrected chi connectivity index (χ4v) is 6.90. The number of hydrogen-bond donors (Lipinski definition) is 1. The van der Waals surface area contributed by atoms with Crippen LogP contribution in [0.25, 0.3) is 0 Å². The van der Waals surface area contributed by atoms with E-state index >= 15 is 4.39 Å². The lowest BCUT2D eigenvalue weighted by Crippen LogP contribution is -2.48. The minimum atomic E-state index is -4.71. The predicted molar refractivity (Wildman–Crippen MR) is 69.2 cm³/mol. The zero-order valence-corrected chi connectivity index (χ0v) is 12.2. The van der Waals surface area contributed by atoms with E-state index in [2.05, 4.69) is 6.92 Å². The van der Waals surface area contributed by atoms with E-state index in [9.17, 15) is 18.3 Å². The maximum atomic E-state index is 15.3. The average Bonchev–Trinajstić information content (AvgIpc) is 3.02. The molecule has 4 saturated carbocycles. The van der Waals surface area contributed by atoms with Gasteiger partial charge in [0, 0.05) is 6.42 Å². The Kier molecular flexibility index (Phi) is 2.69. The minimum Gasteiger partial charge on any atom is -0.384 e. The molecule has 8 atom stereocenters. The minimum absolute atomic E-state index is 0.144. The van der Waals surface area contributed by atoms with Crippen molar-refractivity contribution in [2.75, 3.05) is 0 Å². The number of fused-ring (bicyclic) bond motifs is 9. The van der Waals surface area contributed by atoms with Crippen molar-refractivity contribution >= 4 is 0 Å². The van der Waals surface area contributed by atoms with Crippen LogP contribution in [0.1, 0.15) is 45.4 Å². The Labute approximate surface area is 122 Å². The molecule has 0 radical (unpaired) electrons. The van der Waals surface area contributed by atoms with Gasteiger partial charge in [-0.1, -0.05) is 6.92 Å². The lowest BCUT2D eigenvalue weighted by Gasteiger charge is -2.46. The molecule has 0 heterocycles.